The molecule has 1 unspecified atom stereocenters. The van der Waals surface area contributed by atoms with Crippen molar-refractivity contribution in [2.75, 3.05) is 56.8 Å². The minimum Gasteiger partial charge on any atom is -0.495 e. The number of anilines is 2. The molecule has 2 fully saturated rings. The number of ether oxygens (including phenoxy) is 3. The summed E-state index contributed by atoms with van der Waals surface area (Å²) in [6.45, 7) is 2.81. The quantitative estimate of drug-likeness (QED) is 0.236. The van der Waals surface area contributed by atoms with Crippen molar-refractivity contribution < 1.29 is 36.2 Å². The monoisotopic (exact) mass is 633 g/mol. The van der Waals surface area contributed by atoms with Crippen molar-refractivity contribution in [1.82, 2.24) is 4.90 Å². The zero-order chi connectivity index (χ0) is 30.6. The van der Waals surface area contributed by atoms with Gasteiger partial charge in [0.1, 0.15) is 12.4 Å². The van der Waals surface area contributed by atoms with Crippen LogP contribution in [-0.4, -0.2) is 84.2 Å². The molecule has 0 aliphatic carbocycles. The number of likely N-dealkylation sites (tertiary alicyclic amines) is 1. The van der Waals surface area contributed by atoms with E-state index < -0.39 is 28.8 Å². The summed E-state index contributed by atoms with van der Waals surface area (Å²) >= 11 is 1.40. The summed E-state index contributed by atoms with van der Waals surface area (Å²) in [5.74, 6) is 6.47. The first-order valence-electron chi connectivity index (χ1n) is 13.9. The number of carbonyl (C=O) groups excluding carboxylic acids is 1. The molecule has 0 amide bonds. The zero-order valence-corrected chi connectivity index (χ0v) is 25.5. The van der Waals surface area contributed by atoms with Gasteiger partial charge in [-0.15, -0.1) is 11.3 Å². The van der Waals surface area contributed by atoms with Gasteiger partial charge in [0.25, 0.3) is 0 Å². The lowest BCUT2D eigenvalue weighted by Gasteiger charge is -2.33. The number of nitrogens with one attached hydrogen (secondary N) is 2. The van der Waals surface area contributed by atoms with E-state index in [1.165, 1.54) is 30.6 Å². The summed E-state index contributed by atoms with van der Waals surface area (Å²) < 4.78 is 67.2. The SMILES string of the molecule is COc1cc(S(C)(=O)=O)ccc1NCC#Cc1sc2c(NC3CCN(CC4COC(=O)O4)CC3)cccc2c1CC(F)F. The van der Waals surface area contributed by atoms with E-state index in [0.717, 1.165) is 48.0 Å². The predicted molar refractivity (Wildman–Crippen MR) is 162 cm³/mol. The van der Waals surface area contributed by atoms with Crippen molar-refractivity contribution in [3.63, 3.8) is 0 Å². The van der Waals surface area contributed by atoms with Gasteiger partial charge in [-0.3, -0.25) is 4.90 Å². The molecule has 1 aromatic heterocycles. The Morgan fingerprint density at radius 2 is 1.98 bits per heavy atom. The highest BCUT2D eigenvalue weighted by molar-refractivity contribution is 7.90. The summed E-state index contributed by atoms with van der Waals surface area (Å²) in [4.78, 5) is 14.2. The number of methoxy groups -OCH3 is 1. The van der Waals surface area contributed by atoms with Crippen molar-refractivity contribution in [3.05, 3.63) is 46.8 Å². The molecule has 0 radical (unpaired) electrons. The van der Waals surface area contributed by atoms with Gasteiger partial charge in [-0.1, -0.05) is 24.0 Å². The van der Waals surface area contributed by atoms with Crippen LogP contribution in [0.5, 0.6) is 5.75 Å². The maximum atomic E-state index is 13.6. The molecule has 3 aromatic rings. The third-order valence-electron chi connectivity index (χ3n) is 7.41. The van der Waals surface area contributed by atoms with E-state index in [2.05, 4.69) is 27.4 Å². The van der Waals surface area contributed by atoms with E-state index in [1.54, 1.807) is 6.07 Å². The lowest BCUT2D eigenvalue weighted by atomic mass is 10.0. The Hall–Kier alpha value is -3.60. The largest absolute Gasteiger partial charge is 0.508 e. The van der Waals surface area contributed by atoms with Gasteiger partial charge >= 0.3 is 6.16 Å². The minimum absolute atomic E-state index is 0.143. The summed E-state index contributed by atoms with van der Waals surface area (Å²) in [6, 6.07) is 10.5. The second kappa shape index (κ2) is 13.4. The van der Waals surface area contributed by atoms with E-state index in [1.807, 2.05) is 18.2 Å². The second-order valence-electron chi connectivity index (χ2n) is 10.5. The number of carbonyl (C=O) groups is 1. The molecular formula is C30H33F2N3O6S2. The zero-order valence-electron chi connectivity index (χ0n) is 23.8. The lowest BCUT2D eigenvalue weighted by molar-refractivity contribution is 0.0945. The van der Waals surface area contributed by atoms with E-state index in [0.29, 0.717) is 28.4 Å². The highest BCUT2D eigenvalue weighted by Crippen LogP contribution is 2.38. The first-order chi connectivity index (χ1) is 20.6. The van der Waals surface area contributed by atoms with Crippen LogP contribution in [0.2, 0.25) is 0 Å². The Bertz CT molecular complexity index is 1640. The van der Waals surface area contributed by atoms with Gasteiger partial charge in [-0.25, -0.2) is 22.0 Å². The van der Waals surface area contributed by atoms with E-state index in [4.69, 9.17) is 14.2 Å². The van der Waals surface area contributed by atoms with Gasteiger partial charge in [0.2, 0.25) is 6.43 Å². The number of piperidine rings is 1. The molecule has 0 bridgehead atoms. The molecule has 1 atom stereocenters. The minimum atomic E-state index is -3.38. The number of halogens is 2. The van der Waals surface area contributed by atoms with E-state index >= 15 is 0 Å². The Balaban J connectivity index is 1.28. The van der Waals surface area contributed by atoms with Crippen molar-refractivity contribution in [2.24, 2.45) is 0 Å². The summed E-state index contributed by atoms with van der Waals surface area (Å²) in [5.41, 5.74) is 2.00. The molecule has 5 rings (SSSR count). The number of cyclic esters (lactones) is 2. The highest BCUT2D eigenvalue weighted by Gasteiger charge is 2.29. The summed E-state index contributed by atoms with van der Waals surface area (Å²) in [5, 5.41) is 7.51. The predicted octanol–water partition coefficient (Wildman–Crippen LogP) is 5.00. The fraction of sp³-hybridized carbons (Fsp3) is 0.433. The van der Waals surface area contributed by atoms with Crippen LogP contribution in [0.25, 0.3) is 10.1 Å². The molecular weight excluding hydrogens is 600 g/mol. The van der Waals surface area contributed by atoms with Crippen molar-refractivity contribution >= 4 is 48.8 Å². The number of rotatable bonds is 10. The number of hydrogen-bond donors (Lipinski definition) is 2. The van der Waals surface area contributed by atoms with Crippen LogP contribution in [0.1, 0.15) is 23.3 Å². The number of hydrogen-bond acceptors (Lipinski definition) is 10. The van der Waals surface area contributed by atoms with Crippen molar-refractivity contribution in [1.29, 1.82) is 0 Å². The molecule has 9 nitrogen and oxygen atoms in total. The smallest absolute Gasteiger partial charge is 0.495 e. The van der Waals surface area contributed by atoms with Crippen LogP contribution in [0.3, 0.4) is 0 Å². The number of thiophene rings is 1. The van der Waals surface area contributed by atoms with Crippen LogP contribution >= 0.6 is 11.3 Å². The Morgan fingerprint density at radius 1 is 1.19 bits per heavy atom. The number of nitrogens with zero attached hydrogens (tertiary/aromatic N) is 1. The first kappa shape index (κ1) is 30.8. The molecule has 2 aliphatic heterocycles. The molecule has 230 valence electrons. The highest BCUT2D eigenvalue weighted by atomic mass is 32.2. The van der Waals surface area contributed by atoms with Gasteiger partial charge in [0, 0.05) is 44.4 Å². The fourth-order valence-corrected chi connectivity index (χ4v) is 7.10. The van der Waals surface area contributed by atoms with Gasteiger partial charge in [-0.2, -0.15) is 0 Å². The van der Waals surface area contributed by atoms with Gasteiger partial charge in [-0.05, 0) is 42.0 Å². The Morgan fingerprint density at radius 3 is 2.65 bits per heavy atom. The van der Waals surface area contributed by atoms with Gasteiger partial charge < -0.3 is 24.8 Å². The maximum absolute atomic E-state index is 13.6. The van der Waals surface area contributed by atoms with Crippen molar-refractivity contribution in [2.45, 2.75) is 42.7 Å². The van der Waals surface area contributed by atoms with Crippen LogP contribution < -0.4 is 15.4 Å². The average molecular weight is 634 g/mol. The first-order valence-corrected chi connectivity index (χ1v) is 16.6. The van der Waals surface area contributed by atoms with E-state index in [-0.39, 0.29) is 30.2 Å². The van der Waals surface area contributed by atoms with Crippen LogP contribution in [0, 0.1) is 11.8 Å². The molecule has 2 saturated heterocycles. The Kier molecular flexibility index (Phi) is 9.59. The van der Waals surface area contributed by atoms with Gasteiger partial charge in [0.05, 0.1) is 39.5 Å². The van der Waals surface area contributed by atoms with Crippen LogP contribution in [0.15, 0.2) is 41.3 Å². The number of benzene rings is 2. The van der Waals surface area contributed by atoms with Gasteiger partial charge in [0.15, 0.2) is 15.9 Å². The third-order valence-corrected chi connectivity index (χ3v) is 9.71. The molecule has 0 saturated carbocycles. The molecule has 43 heavy (non-hydrogen) atoms. The third kappa shape index (κ3) is 7.68. The van der Waals surface area contributed by atoms with Crippen molar-refractivity contribution in [3.8, 4) is 17.6 Å². The molecule has 3 heterocycles. The topological polar surface area (TPSA) is 106 Å². The molecule has 2 aliphatic rings. The fourth-order valence-electron chi connectivity index (χ4n) is 5.28. The number of sulfone groups is 1. The maximum Gasteiger partial charge on any atom is 0.508 e. The molecule has 2 aromatic carbocycles. The second-order valence-corrected chi connectivity index (χ2v) is 13.5. The summed E-state index contributed by atoms with van der Waals surface area (Å²) in [7, 11) is -1.94. The van der Waals surface area contributed by atoms with Crippen LogP contribution in [0.4, 0.5) is 25.0 Å². The Labute approximate surface area is 253 Å². The normalized spacial score (nSPS) is 17.8. The number of fused-ring (bicyclic) bond motifs is 1. The molecule has 0 spiro atoms. The average Bonchev–Trinajstić information content (AvgIpc) is 3.54. The lowest BCUT2D eigenvalue weighted by Crippen LogP contribution is -2.43. The molecule has 13 heteroatoms. The number of alkyl halides is 2. The summed E-state index contributed by atoms with van der Waals surface area (Å²) in [6.07, 6.45) is -0.850. The standard InChI is InChI=1S/C30H33F2N3O6S2/c1-39-26-15-21(43(2,37)38)8-9-24(26)33-12-4-7-27-23(16-28(31)32)22-5-3-6-25(29(22)42-27)34-19-10-13-35(14-11-19)17-20-18-40-30(36)41-20/h3,5-6,8-9,15,19-20,28,33-34H,10-14,16-18H2,1-2H3. The van der Waals surface area contributed by atoms with Crippen LogP contribution in [-0.2, 0) is 25.7 Å². The van der Waals surface area contributed by atoms with E-state index in [9.17, 15) is 22.0 Å². The molecule has 2 N–H and O–H groups in total.